The molecule has 0 spiro atoms. The van der Waals surface area contributed by atoms with E-state index >= 15 is 0 Å². The molecule has 1 aromatic heterocycles. The summed E-state index contributed by atoms with van der Waals surface area (Å²) in [5.41, 5.74) is 5.24. The van der Waals surface area contributed by atoms with Gasteiger partial charge < -0.3 is 10.6 Å². The van der Waals surface area contributed by atoms with Gasteiger partial charge in [0, 0.05) is 28.6 Å². The maximum Gasteiger partial charge on any atom is 0.255 e. The molecule has 4 aromatic rings. The Morgan fingerprint density at radius 3 is 2.21 bits per heavy atom. The predicted molar refractivity (Wildman–Crippen MR) is 116 cm³/mol. The number of nitrogens with one attached hydrogen (secondary N) is 2. The second-order valence-electron chi connectivity index (χ2n) is 6.68. The van der Waals surface area contributed by atoms with E-state index < -0.39 is 0 Å². The standard InChI is InChI=1S/C24H20N4O/c1-17-7-9-19(10-8-17)24(29)28-21-13-11-20(12-14-21)27-23-15-22(25-16-26-23)18-5-3-2-4-6-18/h2-16H,1H3,(H,28,29)(H,25,26,27). The summed E-state index contributed by atoms with van der Waals surface area (Å²) in [5, 5.41) is 6.18. The largest absolute Gasteiger partial charge is 0.340 e. The molecule has 0 saturated heterocycles. The summed E-state index contributed by atoms with van der Waals surface area (Å²) in [6.07, 6.45) is 1.54. The molecule has 0 fully saturated rings. The first-order valence-electron chi connectivity index (χ1n) is 9.30. The lowest BCUT2D eigenvalue weighted by Gasteiger charge is -2.09. The van der Waals surface area contributed by atoms with Gasteiger partial charge in [0.05, 0.1) is 5.69 Å². The van der Waals surface area contributed by atoms with E-state index in [0.29, 0.717) is 11.4 Å². The average molecular weight is 380 g/mol. The Bertz CT molecular complexity index is 1110. The Labute approximate surface area is 169 Å². The summed E-state index contributed by atoms with van der Waals surface area (Å²) in [6, 6.07) is 26.9. The maximum atomic E-state index is 12.3. The molecule has 0 atom stereocenters. The van der Waals surface area contributed by atoms with Crippen molar-refractivity contribution in [2.24, 2.45) is 0 Å². The number of carbonyl (C=O) groups excluding carboxylic acids is 1. The van der Waals surface area contributed by atoms with E-state index in [1.807, 2.05) is 91.9 Å². The van der Waals surface area contributed by atoms with Gasteiger partial charge in [0.25, 0.3) is 5.91 Å². The molecule has 1 heterocycles. The fourth-order valence-electron chi connectivity index (χ4n) is 2.89. The first-order valence-corrected chi connectivity index (χ1v) is 9.30. The molecule has 0 aliphatic heterocycles. The number of carbonyl (C=O) groups is 1. The molecule has 4 rings (SSSR count). The van der Waals surface area contributed by atoms with Gasteiger partial charge in [-0.1, -0.05) is 48.0 Å². The normalized spacial score (nSPS) is 10.4. The third-order valence-electron chi connectivity index (χ3n) is 4.47. The zero-order valence-corrected chi connectivity index (χ0v) is 16.0. The molecule has 1 amide bonds. The van der Waals surface area contributed by atoms with Crippen molar-refractivity contribution in [2.75, 3.05) is 10.6 Å². The third kappa shape index (κ3) is 4.65. The minimum absolute atomic E-state index is 0.131. The van der Waals surface area contributed by atoms with E-state index in [1.165, 1.54) is 0 Å². The second-order valence-corrected chi connectivity index (χ2v) is 6.68. The van der Waals surface area contributed by atoms with Crippen LogP contribution >= 0.6 is 0 Å². The van der Waals surface area contributed by atoms with Crippen LogP contribution in [0.4, 0.5) is 17.2 Å². The van der Waals surface area contributed by atoms with Gasteiger partial charge in [-0.05, 0) is 43.3 Å². The number of rotatable bonds is 5. The average Bonchev–Trinajstić information content (AvgIpc) is 2.76. The van der Waals surface area contributed by atoms with Crippen LogP contribution in [0.2, 0.25) is 0 Å². The van der Waals surface area contributed by atoms with Crippen LogP contribution in [-0.4, -0.2) is 15.9 Å². The summed E-state index contributed by atoms with van der Waals surface area (Å²) in [5.74, 6) is 0.573. The van der Waals surface area contributed by atoms with Gasteiger partial charge in [0.1, 0.15) is 12.1 Å². The maximum absolute atomic E-state index is 12.3. The Morgan fingerprint density at radius 2 is 1.48 bits per heavy atom. The van der Waals surface area contributed by atoms with E-state index in [4.69, 9.17) is 0 Å². The topological polar surface area (TPSA) is 66.9 Å². The lowest BCUT2D eigenvalue weighted by atomic mass is 10.1. The van der Waals surface area contributed by atoms with Crippen LogP contribution < -0.4 is 10.6 Å². The fourth-order valence-corrected chi connectivity index (χ4v) is 2.89. The van der Waals surface area contributed by atoms with Crippen LogP contribution in [0.15, 0.2) is 91.3 Å². The van der Waals surface area contributed by atoms with Gasteiger partial charge in [-0.25, -0.2) is 9.97 Å². The van der Waals surface area contributed by atoms with Crippen LogP contribution in [0.3, 0.4) is 0 Å². The highest BCUT2D eigenvalue weighted by atomic mass is 16.1. The number of hydrogen-bond acceptors (Lipinski definition) is 4. The van der Waals surface area contributed by atoms with Gasteiger partial charge >= 0.3 is 0 Å². The van der Waals surface area contributed by atoms with Crippen molar-refractivity contribution in [1.82, 2.24) is 9.97 Å². The number of aromatic nitrogens is 2. The molecular weight excluding hydrogens is 360 g/mol. The van der Waals surface area contributed by atoms with Crippen molar-refractivity contribution in [3.05, 3.63) is 102 Å². The molecule has 5 nitrogen and oxygen atoms in total. The Hall–Kier alpha value is -3.99. The van der Waals surface area contributed by atoms with Crippen molar-refractivity contribution >= 4 is 23.1 Å². The van der Waals surface area contributed by atoms with Gasteiger partial charge in [0.15, 0.2) is 0 Å². The first kappa shape index (κ1) is 18.4. The Morgan fingerprint density at radius 1 is 0.793 bits per heavy atom. The van der Waals surface area contributed by atoms with E-state index in [9.17, 15) is 4.79 Å². The Balaban J connectivity index is 1.43. The zero-order valence-electron chi connectivity index (χ0n) is 16.0. The van der Waals surface area contributed by atoms with Crippen molar-refractivity contribution in [2.45, 2.75) is 6.92 Å². The lowest BCUT2D eigenvalue weighted by Crippen LogP contribution is -2.11. The van der Waals surface area contributed by atoms with Gasteiger partial charge in [-0.3, -0.25) is 4.79 Å². The highest BCUT2D eigenvalue weighted by Crippen LogP contribution is 2.22. The molecule has 3 aromatic carbocycles. The summed E-state index contributed by atoms with van der Waals surface area (Å²) >= 11 is 0. The molecule has 0 aliphatic carbocycles. The van der Waals surface area contributed by atoms with Gasteiger partial charge in [-0.15, -0.1) is 0 Å². The molecule has 0 unspecified atom stereocenters. The van der Waals surface area contributed by atoms with E-state index in [1.54, 1.807) is 6.33 Å². The fraction of sp³-hybridized carbons (Fsp3) is 0.0417. The molecular formula is C24H20N4O. The van der Waals surface area contributed by atoms with Gasteiger partial charge in [-0.2, -0.15) is 0 Å². The Kier molecular flexibility index (Phi) is 5.29. The van der Waals surface area contributed by atoms with Gasteiger partial charge in [0.2, 0.25) is 0 Å². The minimum Gasteiger partial charge on any atom is -0.340 e. The number of amides is 1. The smallest absolute Gasteiger partial charge is 0.255 e. The van der Waals surface area contributed by atoms with Crippen molar-refractivity contribution in [3.8, 4) is 11.3 Å². The van der Waals surface area contributed by atoms with Crippen LogP contribution in [0.5, 0.6) is 0 Å². The number of benzene rings is 3. The van der Waals surface area contributed by atoms with Crippen LogP contribution in [0, 0.1) is 6.92 Å². The first-order chi connectivity index (χ1) is 14.2. The van der Waals surface area contributed by atoms with E-state index in [0.717, 1.165) is 28.2 Å². The monoisotopic (exact) mass is 380 g/mol. The van der Waals surface area contributed by atoms with E-state index in [-0.39, 0.29) is 5.91 Å². The molecule has 29 heavy (non-hydrogen) atoms. The summed E-state index contributed by atoms with van der Waals surface area (Å²) in [4.78, 5) is 20.9. The molecule has 0 radical (unpaired) electrons. The number of anilines is 3. The molecule has 0 bridgehead atoms. The molecule has 0 aliphatic rings. The minimum atomic E-state index is -0.131. The molecule has 5 heteroatoms. The number of aryl methyl sites for hydroxylation is 1. The predicted octanol–water partition coefficient (Wildman–Crippen LogP) is 5.45. The molecule has 0 saturated carbocycles. The second kappa shape index (κ2) is 8.35. The van der Waals surface area contributed by atoms with Crippen molar-refractivity contribution in [3.63, 3.8) is 0 Å². The van der Waals surface area contributed by atoms with Crippen LogP contribution in [0.25, 0.3) is 11.3 Å². The number of nitrogens with zero attached hydrogens (tertiary/aromatic N) is 2. The quantitative estimate of drug-likeness (QED) is 0.483. The SMILES string of the molecule is Cc1ccc(C(=O)Nc2ccc(Nc3cc(-c4ccccc4)ncn3)cc2)cc1. The molecule has 2 N–H and O–H groups in total. The summed E-state index contributed by atoms with van der Waals surface area (Å²) < 4.78 is 0. The van der Waals surface area contributed by atoms with Crippen molar-refractivity contribution < 1.29 is 4.79 Å². The van der Waals surface area contributed by atoms with E-state index in [2.05, 4.69) is 20.6 Å². The third-order valence-corrected chi connectivity index (χ3v) is 4.47. The lowest BCUT2D eigenvalue weighted by molar-refractivity contribution is 0.102. The highest BCUT2D eigenvalue weighted by molar-refractivity contribution is 6.04. The highest BCUT2D eigenvalue weighted by Gasteiger charge is 2.06. The summed E-state index contributed by atoms with van der Waals surface area (Å²) in [6.45, 7) is 1.99. The number of hydrogen-bond donors (Lipinski definition) is 2. The zero-order chi connectivity index (χ0) is 20.1. The van der Waals surface area contributed by atoms with Crippen molar-refractivity contribution in [1.29, 1.82) is 0 Å². The molecule has 142 valence electrons. The van der Waals surface area contributed by atoms with Crippen LogP contribution in [-0.2, 0) is 0 Å². The van der Waals surface area contributed by atoms with Crippen LogP contribution in [0.1, 0.15) is 15.9 Å². The summed E-state index contributed by atoms with van der Waals surface area (Å²) in [7, 11) is 0.